The van der Waals surface area contributed by atoms with E-state index in [0.717, 1.165) is 36.3 Å². The molecule has 0 saturated heterocycles. The lowest BCUT2D eigenvalue weighted by atomic mass is 10.1. The Morgan fingerprint density at radius 1 is 1.00 bits per heavy atom. The number of carbonyl (C=O) groups excluding carboxylic acids is 1. The number of nitrogens with zero attached hydrogens (tertiary/aromatic N) is 2. The monoisotopic (exact) mass is 347 g/mol. The van der Waals surface area contributed by atoms with Crippen molar-refractivity contribution in [3.63, 3.8) is 0 Å². The van der Waals surface area contributed by atoms with E-state index in [4.69, 9.17) is 0 Å². The molecule has 2 aromatic carbocycles. The van der Waals surface area contributed by atoms with Crippen molar-refractivity contribution in [2.45, 2.75) is 33.2 Å². The second-order valence-electron chi connectivity index (χ2n) is 6.63. The van der Waals surface area contributed by atoms with Gasteiger partial charge in [0.15, 0.2) is 0 Å². The third-order valence-electron chi connectivity index (χ3n) is 4.42. The number of aryl methyl sites for hydroxylation is 3. The highest BCUT2D eigenvalue weighted by Crippen LogP contribution is 2.09. The minimum absolute atomic E-state index is 0.0178. The normalized spacial score (nSPS) is 10.7. The van der Waals surface area contributed by atoms with Crippen LogP contribution >= 0.6 is 0 Å². The molecule has 1 aromatic heterocycles. The molecule has 0 radical (unpaired) electrons. The molecule has 3 aromatic rings. The van der Waals surface area contributed by atoms with E-state index in [1.54, 1.807) is 0 Å². The SMILES string of the molecule is Cc1cc(C)n(Cc2ccc(C(=O)NCCCc3ccccc3)cc2)n1. The molecule has 0 fully saturated rings. The summed E-state index contributed by atoms with van der Waals surface area (Å²) >= 11 is 0. The van der Waals surface area contributed by atoms with E-state index in [9.17, 15) is 4.79 Å². The first-order valence-electron chi connectivity index (χ1n) is 9.04. The van der Waals surface area contributed by atoms with Gasteiger partial charge in [-0.05, 0) is 56.0 Å². The Balaban J connectivity index is 1.48. The molecule has 4 nitrogen and oxygen atoms in total. The lowest BCUT2D eigenvalue weighted by molar-refractivity contribution is 0.0953. The third kappa shape index (κ3) is 4.82. The van der Waals surface area contributed by atoms with Gasteiger partial charge in [-0.2, -0.15) is 5.10 Å². The van der Waals surface area contributed by atoms with E-state index in [-0.39, 0.29) is 5.91 Å². The van der Waals surface area contributed by atoms with Crippen molar-refractivity contribution < 1.29 is 4.79 Å². The van der Waals surface area contributed by atoms with Crippen LogP contribution in [0.1, 0.15) is 39.3 Å². The van der Waals surface area contributed by atoms with Crippen molar-refractivity contribution in [3.05, 3.63) is 88.7 Å². The zero-order valence-corrected chi connectivity index (χ0v) is 15.4. The van der Waals surface area contributed by atoms with Gasteiger partial charge < -0.3 is 5.32 Å². The zero-order chi connectivity index (χ0) is 18.4. The maximum absolute atomic E-state index is 12.3. The van der Waals surface area contributed by atoms with Gasteiger partial charge in [0.2, 0.25) is 0 Å². The van der Waals surface area contributed by atoms with Crippen LogP contribution in [-0.4, -0.2) is 22.2 Å². The summed E-state index contributed by atoms with van der Waals surface area (Å²) in [4.78, 5) is 12.3. The Morgan fingerprint density at radius 3 is 2.38 bits per heavy atom. The fourth-order valence-corrected chi connectivity index (χ4v) is 3.01. The molecule has 3 rings (SSSR count). The summed E-state index contributed by atoms with van der Waals surface area (Å²) in [6.45, 7) is 5.45. The van der Waals surface area contributed by atoms with Gasteiger partial charge in [-0.15, -0.1) is 0 Å². The van der Waals surface area contributed by atoms with Crippen molar-refractivity contribution in [1.29, 1.82) is 0 Å². The lowest BCUT2D eigenvalue weighted by Gasteiger charge is -2.08. The maximum atomic E-state index is 12.3. The molecule has 0 aliphatic heterocycles. The molecule has 0 atom stereocenters. The van der Waals surface area contributed by atoms with Crippen LogP contribution in [0.5, 0.6) is 0 Å². The average Bonchev–Trinajstić information content (AvgIpc) is 2.97. The van der Waals surface area contributed by atoms with E-state index in [2.05, 4.69) is 35.5 Å². The smallest absolute Gasteiger partial charge is 0.251 e. The number of carbonyl (C=O) groups is 1. The summed E-state index contributed by atoms with van der Waals surface area (Å²) in [6.07, 6.45) is 1.91. The Hall–Kier alpha value is -2.88. The fourth-order valence-electron chi connectivity index (χ4n) is 3.01. The van der Waals surface area contributed by atoms with E-state index in [0.29, 0.717) is 12.1 Å². The molecule has 0 aliphatic rings. The summed E-state index contributed by atoms with van der Waals surface area (Å²) < 4.78 is 1.98. The van der Waals surface area contributed by atoms with Crippen LogP contribution in [-0.2, 0) is 13.0 Å². The quantitative estimate of drug-likeness (QED) is 0.659. The van der Waals surface area contributed by atoms with Crippen molar-refractivity contribution in [3.8, 4) is 0 Å². The van der Waals surface area contributed by atoms with Crippen LogP contribution in [0.3, 0.4) is 0 Å². The second kappa shape index (κ2) is 8.48. The Bertz CT molecular complexity index is 851. The van der Waals surface area contributed by atoms with Gasteiger partial charge in [-0.25, -0.2) is 0 Å². The molecule has 1 heterocycles. The van der Waals surface area contributed by atoms with E-state index in [1.807, 2.05) is 54.1 Å². The number of aromatic nitrogens is 2. The Labute approximate surface area is 154 Å². The molecule has 0 aliphatic carbocycles. The zero-order valence-electron chi connectivity index (χ0n) is 15.4. The largest absolute Gasteiger partial charge is 0.352 e. The van der Waals surface area contributed by atoms with E-state index >= 15 is 0 Å². The summed E-state index contributed by atoms with van der Waals surface area (Å²) in [7, 11) is 0. The van der Waals surface area contributed by atoms with Crippen LogP contribution in [0.2, 0.25) is 0 Å². The van der Waals surface area contributed by atoms with E-state index < -0.39 is 0 Å². The highest BCUT2D eigenvalue weighted by Gasteiger charge is 2.06. The van der Waals surface area contributed by atoms with Crippen LogP contribution in [0.4, 0.5) is 0 Å². The van der Waals surface area contributed by atoms with Crippen LogP contribution in [0.25, 0.3) is 0 Å². The van der Waals surface area contributed by atoms with Crippen LogP contribution < -0.4 is 5.32 Å². The predicted octanol–water partition coefficient (Wildman–Crippen LogP) is 3.91. The number of hydrogen-bond acceptors (Lipinski definition) is 2. The lowest BCUT2D eigenvalue weighted by Crippen LogP contribution is -2.24. The topological polar surface area (TPSA) is 46.9 Å². The van der Waals surface area contributed by atoms with Gasteiger partial charge in [0.05, 0.1) is 12.2 Å². The Kier molecular flexibility index (Phi) is 5.84. The first-order valence-corrected chi connectivity index (χ1v) is 9.04. The number of hydrogen-bond donors (Lipinski definition) is 1. The average molecular weight is 347 g/mol. The highest BCUT2D eigenvalue weighted by molar-refractivity contribution is 5.94. The maximum Gasteiger partial charge on any atom is 0.251 e. The fraction of sp³-hybridized carbons (Fsp3) is 0.273. The van der Waals surface area contributed by atoms with Gasteiger partial charge in [-0.3, -0.25) is 9.48 Å². The number of benzene rings is 2. The third-order valence-corrected chi connectivity index (χ3v) is 4.42. The molecule has 134 valence electrons. The van der Waals surface area contributed by atoms with Crippen molar-refractivity contribution in [1.82, 2.24) is 15.1 Å². The van der Waals surface area contributed by atoms with Gasteiger partial charge >= 0.3 is 0 Å². The molecule has 1 N–H and O–H groups in total. The summed E-state index contributed by atoms with van der Waals surface area (Å²) in [5, 5.41) is 7.47. The van der Waals surface area contributed by atoms with Gasteiger partial charge in [0.25, 0.3) is 5.91 Å². The molecular weight excluding hydrogens is 322 g/mol. The van der Waals surface area contributed by atoms with Gasteiger partial charge in [0, 0.05) is 17.8 Å². The van der Waals surface area contributed by atoms with Crippen LogP contribution in [0, 0.1) is 13.8 Å². The Morgan fingerprint density at radius 2 is 1.73 bits per heavy atom. The molecule has 0 saturated carbocycles. The molecule has 1 amide bonds. The molecule has 0 unspecified atom stereocenters. The van der Waals surface area contributed by atoms with Crippen molar-refractivity contribution >= 4 is 5.91 Å². The molecule has 0 spiro atoms. The van der Waals surface area contributed by atoms with E-state index in [1.165, 1.54) is 5.56 Å². The summed E-state index contributed by atoms with van der Waals surface area (Å²) in [6, 6.07) is 20.2. The summed E-state index contributed by atoms with van der Waals surface area (Å²) in [5.41, 5.74) is 5.30. The first-order chi connectivity index (χ1) is 12.6. The minimum Gasteiger partial charge on any atom is -0.352 e. The highest BCUT2D eigenvalue weighted by atomic mass is 16.1. The van der Waals surface area contributed by atoms with Gasteiger partial charge in [-0.1, -0.05) is 42.5 Å². The summed E-state index contributed by atoms with van der Waals surface area (Å²) in [5.74, 6) is -0.0178. The van der Waals surface area contributed by atoms with Gasteiger partial charge in [0.1, 0.15) is 0 Å². The first kappa shape index (κ1) is 17.9. The molecule has 0 bridgehead atoms. The molecular formula is C22H25N3O. The number of rotatable bonds is 7. The van der Waals surface area contributed by atoms with Crippen molar-refractivity contribution in [2.24, 2.45) is 0 Å². The minimum atomic E-state index is -0.0178. The van der Waals surface area contributed by atoms with Crippen molar-refractivity contribution in [2.75, 3.05) is 6.54 Å². The van der Waals surface area contributed by atoms with Crippen LogP contribution in [0.15, 0.2) is 60.7 Å². The second-order valence-corrected chi connectivity index (χ2v) is 6.63. The number of amides is 1. The molecule has 4 heteroatoms. The number of nitrogens with one attached hydrogen (secondary N) is 1. The predicted molar refractivity (Wildman–Crippen MR) is 104 cm³/mol. The standard InChI is InChI=1S/C22H25N3O/c1-17-15-18(2)25(24-17)16-20-10-12-21(13-11-20)22(26)23-14-6-9-19-7-4-3-5-8-19/h3-5,7-8,10-13,15H,6,9,14,16H2,1-2H3,(H,23,26). The molecule has 26 heavy (non-hydrogen) atoms.